The van der Waals surface area contributed by atoms with E-state index in [9.17, 15) is 9.59 Å². The van der Waals surface area contributed by atoms with Crippen LogP contribution in [0.4, 0.5) is 4.79 Å². The van der Waals surface area contributed by atoms with E-state index in [1.54, 1.807) is 0 Å². The molecule has 3 atom stereocenters. The number of aliphatic hydroxyl groups is 1. The first kappa shape index (κ1) is 11.8. The third kappa shape index (κ3) is 3.75. The molecule has 2 amide bonds. The molecule has 1 aliphatic carbocycles. The minimum Gasteiger partial charge on any atom is -0.479 e. The van der Waals surface area contributed by atoms with Gasteiger partial charge in [-0.15, -0.1) is 0 Å². The number of nitrogens with one attached hydrogen (secondary N) is 2. The smallest absolute Gasteiger partial charge is 0.334 e. The number of aliphatic hydroxyl groups excluding tert-OH is 1. The first-order valence-electron chi connectivity index (χ1n) is 4.99. The van der Waals surface area contributed by atoms with Gasteiger partial charge in [-0.05, 0) is 12.3 Å². The van der Waals surface area contributed by atoms with Gasteiger partial charge in [0.2, 0.25) is 0 Å². The second-order valence-corrected chi connectivity index (χ2v) is 3.72. The molecule has 0 aromatic heterocycles. The van der Waals surface area contributed by atoms with Crippen molar-refractivity contribution in [3.63, 3.8) is 0 Å². The second kappa shape index (κ2) is 4.97. The van der Waals surface area contributed by atoms with Crippen molar-refractivity contribution in [1.82, 2.24) is 10.6 Å². The van der Waals surface area contributed by atoms with Crippen LogP contribution in [-0.2, 0) is 4.79 Å². The average Bonchev–Trinajstić information content (AvgIpc) is 2.92. The monoisotopic (exact) mass is 216 g/mol. The average molecular weight is 216 g/mol. The highest BCUT2D eigenvalue weighted by Gasteiger charge is 2.36. The Kier molecular flexibility index (Phi) is 3.90. The number of carboxylic acids is 1. The molecule has 0 aromatic rings. The lowest BCUT2D eigenvalue weighted by Crippen LogP contribution is -2.43. The van der Waals surface area contributed by atoms with E-state index < -0.39 is 18.1 Å². The molecule has 3 unspecified atom stereocenters. The van der Waals surface area contributed by atoms with Crippen LogP contribution in [0, 0.1) is 5.92 Å². The van der Waals surface area contributed by atoms with Gasteiger partial charge in [0.05, 0.1) is 6.54 Å². The molecule has 0 aromatic carbocycles. The standard InChI is InChI=1S/C9H16N2O4/c1-2-5-3-6(5)11-9(15)10-4-7(12)8(13)14/h5-7,12H,2-4H2,1H3,(H,13,14)(H2,10,11,15). The topological polar surface area (TPSA) is 98.7 Å². The van der Waals surface area contributed by atoms with E-state index >= 15 is 0 Å². The number of urea groups is 1. The second-order valence-electron chi connectivity index (χ2n) is 3.72. The van der Waals surface area contributed by atoms with Gasteiger partial charge in [-0.3, -0.25) is 0 Å². The number of aliphatic carboxylic acids is 1. The first-order chi connectivity index (χ1) is 7.04. The van der Waals surface area contributed by atoms with Crippen LogP contribution < -0.4 is 10.6 Å². The molecule has 0 bridgehead atoms. The van der Waals surface area contributed by atoms with E-state index in [1.165, 1.54) is 0 Å². The summed E-state index contributed by atoms with van der Waals surface area (Å²) in [6, 6.07) is -0.215. The van der Waals surface area contributed by atoms with Crippen LogP contribution in [0.2, 0.25) is 0 Å². The Bertz CT molecular complexity index is 256. The van der Waals surface area contributed by atoms with E-state index in [0.717, 1.165) is 12.8 Å². The summed E-state index contributed by atoms with van der Waals surface area (Å²) in [7, 11) is 0. The van der Waals surface area contributed by atoms with E-state index in [1.807, 2.05) is 0 Å². The third-order valence-electron chi connectivity index (χ3n) is 2.50. The lowest BCUT2D eigenvalue weighted by Gasteiger charge is -2.08. The maximum atomic E-state index is 11.2. The van der Waals surface area contributed by atoms with Gasteiger partial charge in [0.1, 0.15) is 0 Å². The van der Waals surface area contributed by atoms with Gasteiger partial charge in [-0.1, -0.05) is 13.3 Å². The molecule has 15 heavy (non-hydrogen) atoms. The van der Waals surface area contributed by atoms with Crippen LogP contribution in [0.3, 0.4) is 0 Å². The van der Waals surface area contributed by atoms with Crippen molar-refractivity contribution in [3.05, 3.63) is 0 Å². The molecule has 0 heterocycles. The molecule has 6 nitrogen and oxygen atoms in total. The normalized spacial score (nSPS) is 25.5. The van der Waals surface area contributed by atoms with Crippen molar-refractivity contribution in [1.29, 1.82) is 0 Å². The van der Waals surface area contributed by atoms with Gasteiger partial charge >= 0.3 is 12.0 Å². The Morgan fingerprint density at radius 1 is 1.53 bits per heavy atom. The number of carbonyl (C=O) groups excluding carboxylic acids is 1. The first-order valence-corrected chi connectivity index (χ1v) is 4.99. The Morgan fingerprint density at radius 3 is 2.67 bits per heavy atom. The maximum Gasteiger partial charge on any atom is 0.334 e. The largest absolute Gasteiger partial charge is 0.479 e. The van der Waals surface area contributed by atoms with Crippen molar-refractivity contribution in [2.24, 2.45) is 5.92 Å². The van der Waals surface area contributed by atoms with Crippen molar-refractivity contribution < 1.29 is 19.8 Å². The fourth-order valence-electron chi connectivity index (χ4n) is 1.37. The van der Waals surface area contributed by atoms with Gasteiger partial charge < -0.3 is 20.8 Å². The molecule has 6 heteroatoms. The van der Waals surface area contributed by atoms with Crippen LogP contribution in [0.15, 0.2) is 0 Å². The summed E-state index contributed by atoms with van der Waals surface area (Å²) in [5.74, 6) is -0.798. The van der Waals surface area contributed by atoms with Crippen molar-refractivity contribution >= 4 is 12.0 Å². The number of rotatable bonds is 5. The quantitative estimate of drug-likeness (QED) is 0.499. The van der Waals surface area contributed by atoms with Gasteiger partial charge in [0.25, 0.3) is 0 Å². The van der Waals surface area contributed by atoms with E-state index in [-0.39, 0.29) is 12.6 Å². The number of carboxylic acid groups (broad SMARTS) is 1. The number of hydrogen-bond donors (Lipinski definition) is 4. The van der Waals surface area contributed by atoms with Crippen molar-refractivity contribution in [2.75, 3.05) is 6.54 Å². The van der Waals surface area contributed by atoms with Crippen molar-refractivity contribution in [2.45, 2.75) is 31.9 Å². The Morgan fingerprint density at radius 2 is 2.20 bits per heavy atom. The predicted molar refractivity (Wildman–Crippen MR) is 52.4 cm³/mol. The Labute approximate surface area is 87.7 Å². The highest BCUT2D eigenvalue weighted by Crippen LogP contribution is 2.32. The van der Waals surface area contributed by atoms with Crippen LogP contribution in [0.25, 0.3) is 0 Å². The molecule has 4 N–H and O–H groups in total. The number of amides is 2. The molecular formula is C9H16N2O4. The highest BCUT2D eigenvalue weighted by atomic mass is 16.4. The maximum absolute atomic E-state index is 11.2. The van der Waals surface area contributed by atoms with E-state index in [2.05, 4.69) is 17.6 Å². The molecule has 1 aliphatic rings. The molecule has 0 spiro atoms. The zero-order valence-corrected chi connectivity index (χ0v) is 8.56. The highest BCUT2D eigenvalue weighted by molar-refractivity contribution is 5.77. The van der Waals surface area contributed by atoms with Gasteiger partial charge in [0.15, 0.2) is 6.10 Å². The summed E-state index contributed by atoms with van der Waals surface area (Å²) in [6.07, 6.45) is 0.464. The molecule has 86 valence electrons. The number of hydrogen-bond acceptors (Lipinski definition) is 3. The van der Waals surface area contributed by atoms with E-state index in [0.29, 0.717) is 5.92 Å². The summed E-state index contributed by atoms with van der Waals surface area (Å²) in [5, 5.41) is 22.2. The lowest BCUT2D eigenvalue weighted by molar-refractivity contribution is -0.146. The van der Waals surface area contributed by atoms with Crippen LogP contribution in [0.5, 0.6) is 0 Å². The minimum atomic E-state index is -1.54. The summed E-state index contributed by atoms with van der Waals surface area (Å²) in [5.41, 5.74) is 0. The van der Waals surface area contributed by atoms with Gasteiger partial charge in [-0.2, -0.15) is 0 Å². The third-order valence-corrected chi connectivity index (χ3v) is 2.50. The summed E-state index contributed by atoms with van der Waals surface area (Å²) in [6.45, 7) is 1.78. The molecule has 1 fully saturated rings. The molecule has 0 saturated heterocycles. The number of carbonyl (C=O) groups is 2. The fourth-order valence-corrected chi connectivity index (χ4v) is 1.37. The van der Waals surface area contributed by atoms with Gasteiger partial charge in [0, 0.05) is 6.04 Å². The van der Waals surface area contributed by atoms with Gasteiger partial charge in [-0.25, -0.2) is 9.59 Å². The molecular weight excluding hydrogens is 200 g/mol. The predicted octanol–water partition coefficient (Wildman–Crippen LogP) is -0.470. The van der Waals surface area contributed by atoms with Crippen LogP contribution in [0.1, 0.15) is 19.8 Å². The fraction of sp³-hybridized carbons (Fsp3) is 0.778. The van der Waals surface area contributed by atoms with Crippen LogP contribution >= 0.6 is 0 Å². The van der Waals surface area contributed by atoms with Crippen LogP contribution in [-0.4, -0.2) is 40.9 Å². The summed E-state index contributed by atoms with van der Waals surface area (Å²) >= 11 is 0. The zero-order chi connectivity index (χ0) is 11.4. The van der Waals surface area contributed by atoms with E-state index in [4.69, 9.17) is 10.2 Å². The zero-order valence-electron chi connectivity index (χ0n) is 8.56. The molecule has 1 rings (SSSR count). The minimum absolute atomic E-state index is 0.206. The summed E-state index contributed by atoms with van der Waals surface area (Å²) < 4.78 is 0. The molecule has 1 saturated carbocycles. The SMILES string of the molecule is CCC1CC1NC(=O)NCC(O)C(=O)O. The Hall–Kier alpha value is -1.30. The summed E-state index contributed by atoms with van der Waals surface area (Å²) in [4.78, 5) is 21.4. The van der Waals surface area contributed by atoms with Crippen molar-refractivity contribution in [3.8, 4) is 0 Å². The Balaban J connectivity index is 2.12. The molecule has 0 aliphatic heterocycles. The molecule has 0 radical (unpaired) electrons. The lowest BCUT2D eigenvalue weighted by atomic mass is 10.3.